The Hall–Kier alpha value is -1.35. The molecule has 122 valence electrons. The Balaban J connectivity index is 1.66. The molecule has 22 heavy (non-hydrogen) atoms. The lowest BCUT2D eigenvalue weighted by atomic mass is 9.84. The van der Waals surface area contributed by atoms with E-state index in [1.807, 2.05) is 0 Å². The maximum absolute atomic E-state index is 12.1. The summed E-state index contributed by atoms with van der Waals surface area (Å²) in [4.78, 5) is 12.1. The van der Waals surface area contributed by atoms with Crippen LogP contribution in [0.4, 0.5) is 0 Å². The third kappa shape index (κ3) is 5.45. The van der Waals surface area contributed by atoms with Gasteiger partial charge in [0.15, 0.2) is 0 Å². The minimum atomic E-state index is 0.205. The summed E-state index contributed by atoms with van der Waals surface area (Å²) in [5.74, 6) is 1.40. The van der Waals surface area contributed by atoms with Crippen molar-refractivity contribution < 1.29 is 4.79 Å². The van der Waals surface area contributed by atoms with Gasteiger partial charge in [-0.1, -0.05) is 38.1 Å². The van der Waals surface area contributed by atoms with Crippen molar-refractivity contribution in [1.82, 2.24) is 10.6 Å². The monoisotopic (exact) mass is 302 g/mol. The van der Waals surface area contributed by atoms with Crippen LogP contribution in [0.5, 0.6) is 0 Å². The lowest BCUT2D eigenvalue weighted by Gasteiger charge is -2.27. The molecule has 1 fully saturated rings. The fourth-order valence-corrected chi connectivity index (χ4v) is 3.23. The highest BCUT2D eigenvalue weighted by Crippen LogP contribution is 2.24. The van der Waals surface area contributed by atoms with E-state index in [4.69, 9.17) is 0 Å². The lowest BCUT2D eigenvalue weighted by Crippen LogP contribution is -2.34. The highest BCUT2D eigenvalue weighted by molar-refractivity contribution is 5.76. The summed E-state index contributed by atoms with van der Waals surface area (Å²) in [7, 11) is 0. The number of aryl methyl sites for hydroxylation is 1. The van der Waals surface area contributed by atoms with Gasteiger partial charge in [-0.2, -0.15) is 0 Å². The summed E-state index contributed by atoms with van der Waals surface area (Å²) in [6, 6.07) is 8.69. The molecule has 3 nitrogen and oxygen atoms in total. The zero-order chi connectivity index (χ0) is 15.8. The van der Waals surface area contributed by atoms with Crippen molar-refractivity contribution in [3.8, 4) is 0 Å². The summed E-state index contributed by atoms with van der Waals surface area (Å²) >= 11 is 0. The van der Waals surface area contributed by atoms with Gasteiger partial charge in [-0.05, 0) is 61.7 Å². The van der Waals surface area contributed by atoms with Crippen molar-refractivity contribution in [2.75, 3.05) is 19.6 Å². The molecular formula is C19H30N2O. The number of rotatable bonds is 7. The van der Waals surface area contributed by atoms with E-state index in [9.17, 15) is 4.79 Å². The molecule has 1 aliphatic rings. The van der Waals surface area contributed by atoms with E-state index in [1.54, 1.807) is 0 Å². The fraction of sp³-hybridized carbons (Fsp3) is 0.632. The molecule has 1 heterocycles. The van der Waals surface area contributed by atoms with E-state index in [2.05, 4.69) is 48.7 Å². The van der Waals surface area contributed by atoms with Crippen LogP contribution in [0.15, 0.2) is 24.3 Å². The molecule has 1 aromatic carbocycles. The van der Waals surface area contributed by atoms with Crippen LogP contribution >= 0.6 is 0 Å². The van der Waals surface area contributed by atoms with Gasteiger partial charge in [0.2, 0.25) is 5.91 Å². The second-order valence-electron chi connectivity index (χ2n) is 6.54. The molecule has 2 N–H and O–H groups in total. The Bertz CT molecular complexity index is 449. The van der Waals surface area contributed by atoms with Crippen molar-refractivity contribution in [3.63, 3.8) is 0 Å². The summed E-state index contributed by atoms with van der Waals surface area (Å²) in [5.41, 5.74) is 2.66. The zero-order valence-corrected chi connectivity index (χ0v) is 14.0. The molecule has 0 radical (unpaired) electrons. The standard InChI is InChI=1S/C19H30N2O/c1-3-16-4-6-17(7-5-16)8-13-21-19(22)14-15(2)18-9-11-20-12-10-18/h4-7,15,18,20H,3,8-14H2,1-2H3,(H,21,22). The second kappa shape index (κ2) is 8.94. The average molecular weight is 302 g/mol. The number of amides is 1. The Morgan fingerprint density at radius 2 is 1.86 bits per heavy atom. The smallest absolute Gasteiger partial charge is 0.220 e. The Morgan fingerprint density at radius 1 is 1.23 bits per heavy atom. The fourth-order valence-electron chi connectivity index (χ4n) is 3.23. The first-order valence-corrected chi connectivity index (χ1v) is 8.74. The lowest BCUT2D eigenvalue weighted by molar-refractivity contribution is -0.122. The van der Waals surface area contributed by atoms with Crippen molar-refractivity contribution in [2.45, 2.75) is 46.0 Å². The molecule has 0 bridgehead atoms. The Labute approximate surface area is 134 Å². The van der Waals surface area contributed by atoms with E-state index in [-0.39, 0.29) is 5.91 Å². The van der Waals surface area contributed by atoms with Crippen molar-refractivity contribution in [3.05, 3.63) is 35.4 Å². The molecule has 1 saturated heterocycles. The van der Waals surface area contributed by atoms with Gasteiger partial charge in [0.1, 0.15) is 0 Å². The van der Waals surface area contributed by atoms with Crippen molar-refractivity contribution in [1.29, 1.82) is 0 Å². The molecule has 1 aromatic rings. The van der Waals surface area contributed by atoms with E-state index < -0.39 is 0 Å². The minimum Gasteiger partial charge on any atom is -0.356 e. The highest BCUT2D eigenvalue weighted by atomic mass is 16.1. The zero-order valence-electron chi connectivity index (χ0n) is 14.0. The number of hydrogen-bond acceptors (Lipinski definition) is 2. The highest BCUT2D eigenvalue weighted by Gasteiger charge is 2.21. The summed E-state index contributed by atoms with van der Waals surface area (Å²) < 4.78 is 0. The quantitative estimate of drug-likeness (QED) is 0.813. The van der Waals surface area contributed by atoms with Crippen LogP contribution in [-0.2, 0) is 17.6 Å². The number of carbonyl (C=O) groups is 1. The molecule has 0 aromatic heterocycles. The number of carbonyl (C=O) groups excluding carboxylic acids is 1. The van der Waals surface area contributed by atoms with Gasteiger partial charge in [0.25, 0.3) is 0 Å². The van der Waals surface area contributed by atoms with Crippen LogP contribution in [-0.4, -0.2) is 25.5 Å². The van der Waals surface area contributed by atoms with Gasteiger partial charge >= 0.3 is 0 Å². The van der Waals surface area contributed by atoms with E-state index >= 15 is 0 Å². The third-order valence-electron chi connectivity index (χ3n) is 4.86. The molecule has 0 spiro atoms. The van der Waals surface area contributed by atoms with Gasteiger partial charge in [-0.15, -0.1) is 0 Å². The SMILES string of the molecule is CCc1ccc(CCNC(=O)CC(C)C2CCNCC2)cc1. The molecule has 1 unspecified atom stereocenters. The molecule has 0 aliphatic carbocycles. The molecule has 3 heteroatoms. The Kier molecular flexibility index (Phi) is 6.91. The van der Waals surface area contributed by atoms with Gasteiger partial charge in [-0.3, -0.25) is 4.79 Å². The second-order valence-corrected chi connectivity index (χ2v) is 6.54. The molecular weight excluding hydrogens is 272 g/mol. The predicted molar refractivity (Wildman–Crippen MR) is 91.9 cm³/mol. The predicted octanol–water partition coefficient (Wildman–Crippen LogP) is 2.93. The van der Waals surface area contributed by atoms with E-state index in [0.717, 1.165) is 32.5 Å². The molecule has 1 aliphatic heterocycles. The van der Waals surface area contributed by atoms with Crippen LogP contribution in [0.1, 0.15) is 44.2 Å². The van der Waals surface area contributed by atoms with Crippen molar-refractivity contribution in [2.24, 2.45) is 11.8 Å². The van der Waals surface area contributed by atoms with Crippen LogP contribution < -0.4 is 10.6 Å². The van der Waals surface area contributed by atoms with Gasteiger partial charge in [0.05, 0.1) is 0 Å². The van der Waals surface area contributed by atoms with Crippen LogP contribution in [0.3, 0.4) is 0 Å². The average Bonchev–Trinajstić information content (AvgIpc) is 2.56. The third-order valence-corrected chi connectivity index (χ3v) is 4.86. The van der Waals surface area contributed by atoms with E-state index in [0.29, 0.717) is 18.3 Å². The van der Waals surface area contributed by atoms with E-state index in [1.165, 1.54) is 24.0 Å². The maximum Gasteiger partial charge on any atom is 0.220 e. The number of piperidine rings is 1. The normalized spacial score (nSPS) is 17.2. The minimum absolute atomic E-state index is 0.205. The summed E-state index contributed by atoms with van der Waals surface area (Å²) in [6.45, 7) is 7.33. The Morgan fingerprint density at radius 3 is 2.50 bits per heavy atom. The number of benzene rings is 1. The largest absolute Gasteiger partial charge is 0.356 e. The van der Waals surface area contributed by atoms with Crippen LogP contribution in [0, 0.1) is 11.8 Å². The molecule has 0 saturated carbocycles. The topological polar surface area (TPSA) is 41.1 Å². The summed E-state index contributed by atoms with van der Waals surface area (Å²) in [6.07, 6.45) is 5.07. The van der Waals surface area contributed by atoms with Crippen LogP contribution in [0.2, 0.25) is 0 Å². The summed E-state index contributed by atoms with van der Waals surface area (Å²) in [5, 5.41) is 6.46. The van der Waals surface area contributed by atoms with Crippen LogP contribution in [0.25, 0.3) is 0 Å². The first kappa shape index (κ1) is 17.0. The maximum atomic E-state index is 12.1. The van der Waals surface area contributed by atoms with Gasteiger partial charge in [0, 0.05) is 13.0 Å². The number of nitrogens with one attached hydrogen (secondary N) is 2. The first-order chi connectivity index (χ1) is 10.7. The molecule has 1 amide bonds. The van der Waals surface area contributed by atoms with Gasteiger partial charge in [-0.25, -0.2) is 0 Å². The molecule has 2 rings (SSSR count). The first-order valence-electron chi connectivity index (χ1n) is 8.74. The van der Waals surface area contributed by atoms with Gasteiger partial charge < -0.3 is 10.6 Å². The molecule has 1 atom stereocenters. The van der Waals surface area contributed by atoms with Crippen molar-refractivity contribution >= 4 is 5.91 Å². The number of hydrogen-bond donors (Lipinski definition) is 2.